The molecule has 1 atom stereocenters. The number of carboxylic acids is 1. The first-order chi connectivity index (χ1) is 7.02. The van der Waals surface area contributed by atoms with Crippen LogP contribution in [0.3, 0.4) is 0 Å². The van der Waals surface area contributed by atoms with E-state index in [0.717, 1.165) is 0 Å². The van der Waals surface area contributed by atoms with Crippen molar-refractivity contribution in [1.82, 2.24) is 0 Å². The molecule has 0 heterocycles. The summed E-state index contributed by atoms with van der Waals surface area (Å²) in [5, 5.41) is 8.69. The second kappa shape index (κ2) is 4.91. The first kappa shape index (κ1) is 11.7. The van der Waals surface area contributed by atoms with Crippen molar-refractivity contribution in [3.05, 3.63) is 35.4 Å². The second-order valence-corrected chi connectivity index (χ2v) is 3.92. The van der Waals surface area contributed by atoms with Gasteiger partial charge in [0.05, 0.1) is 6.42 Å². The quantitative estimate of drug-likeness (QED) is 0.829. The number of aliphatic carboxylic acids is 1. The van der Waals surface area contributed by atoms with E-state index in [0.29, 0.717) is 11.1 Å². The average Bonchev–Trinajstić information content (AvgIpc) is 2.16. The highest BCUT2D eigenvalue weighted by molar-refractivity contribution is 5.70. The first-order valence-corrected chi connectivity index (χ1v) is 4.96. The van der Waals surface area contributed by atoms with Gasteiger partial charge in [0, 0.05) is 0 Å². The summed E-state index contributed by atoms with van der Waals surface area (Å²) < 4.78 is 13.8. The maximum absolute atomic E-state index is 13.8. The molecule has 1 aromatic rings. The van der Waals surface area contributed by atoms with Crippen LogP contribution in [0.4, 0.5) is 4.39 Å². The van der Waals surface area contributed by atoms with Crippen LogP contribution < -0.4 is 0 Å². The van der Waals surface area contributed by atoms with E-state index in [9.17, 15) is 9.18 Å². The Morgan fingerprint density at radius 1 is 1.40 bits per heavy atom. The van der Waals surface area contributed by atoms with Crippen LogP contribution in [0.1, 0.15) is 31.1 Å². The molecule has 0 radical (unpaired) electrons. The molecule has 1 unspecified atom stereocenters. The summed E-state index contributed by atoms with van der Waals surface area (Å²) in [4.78, 5) is 10.6. The predicted molar refractivity (Wildman–Crippen MR) is 56.5 cm³/mol. The highest BCUT2D eigenvalue weighted by Gasteiger charge is 2.18. The van der Waals surface area contributed by atoms with Crippen molar-refractivity contribution >= 4 is 5.97 Å². The van der Waals surface area contributed by atoms with Crippen LogP contribution in [0.25, 0.3) is 0 Å². The van der Waals surface area contributed by atoms with Crippen LogP contribution in [-0.4, -0.2) is 11.1 Å². The fourth-order valence-electron chi connectivity index (χ4n) is 1.49. The topological polar surface area (TPSA) is 37.3 Å². The van der Waals surface area contributed by atoms with Crippen LogP contribution in [0.2, 0.25) is 0 Å². The fraction of sp³-hybridized carbons (Fsp3) is 0.417. The molecular formula is C12H15FO2. The van der Waals surface area contributed by atoms with E-state index in [1.807, 2.05) is 0 Å². The molecule has 0 saturated carbocycles. The summed E-state index contributed by atoms with van der Waals surface area (Å²) in [5.41, 5.74) is 1.06. The molecule has 0 spiro atoms. The predicted octanol–water partition coefficient (Wildman–Crippen LogP) is 2.98. The molecule has 0 amide bonds. The summed E-state index contributed by atoms with van der Waals surface area (Å²) in [6, 6.07) is 6.78. The summed E-state index contributed by atoms with van der Waals surface area (Å²) in [6.07, 6.45) is -1.22. The van der Waals surface area contributed by atoms with Crippen LogP contribution in [-0.2, 0) is 11.2 Å². The number of hydrogen-bond acceptors (Lipinski definition) is 1. The number of carbonyl (C=O) groups is 1. The molecule has 0 aliphatic rings. The van der Waals surface area contributed by atoms with Gasteiger partial charge in [0.15, 0.2) is 0 Å². The van der Waals surface area contributed by atoms with E-state index in [1.165, 1.54) is 0 Å². The molecule has 15 heavy (non-hydrogen) atoms. The smallest absolute Gasteiger partial charge is 0.307 e. The van der Waals surface area contributed by atoms with Gasteiger partial charge in [-0.25, -0.2) is 4.39 Å². The summed E-state index contributed by atoms with van der Waals surface area (Å²) in [6.45, 7) is 3.56. The zero-order valence-electron chi connectivity index (χ0n) is 8.90. The zero-order valence-corrected chi connectivity index (χ0v) is 8.90. The fourth-order valence-corrected chi connectivity index (χ4v) is 1.49. The molecule has 0 aromatic heterocycles. The van der Waals surface area contributed by atoms with E-state index >= 15 is 0 Å². The summed E-state index contributed by atoms with van der Waals surface area (Å²) in [5.74, 6) is -1.07. The van der Waals surface area contributed by atoms with Crippen LogP contribution in [0.5, 0.6) is 0 Å². The lowest BCUT2D eigenvalue weighted by Crippen LogP contribution is -2.08. The van der Waals surface area contributed by atoms with Gasteiger partial charge in [-0.15, -0.1) is 0 Å². The van der Waals surface area contributed by atoms with Crippen LogP contribution in [0, 0.1) is 5.92 Å². The van der Waals surface area contributed by atoms with E-state index in [4.69, 9.17) is 5.11 Å². The Balaban J connectivity index is 3.00. The molecule has 82 valence electrons. The number of alkyl halides is 1. The number of hydrogen-bond donors (Lipinski definition) is 1. The Kier molecular flexibility index (Phi) is 3.83. The highest BCUT2D eigenvalue weighted by atomic mass is 19.1. The lowest BCUT2D eigenvalue weighted by molar-refractivity contribution is -0.136. The minimum atomic E-state index is -1.10. The van der Waals surface area contributed by atoms with E-state index in [1.54, 1.807) is 38.1 Å². The maximum atomic E-state index is 13.8. The van der Waals surface area contributed by atoms with Gasteiger partial charge in [-0.1, -0.05) is 38.1 Å². The largest absolute Gasteiger partial charge is 0.481 e. The molecular weight excluding hydrogens is 195 g/mol. The monoisotopic (exact) mass is 210 g/mol. The van der Waals surface area contributed by atoms with Gasteiger partial charge in [-0.3, -0.25) is 4.79 Å². The van der Waals surface area contributed by atoms with Crippen molar-refractivity contribution in [1.29, 1.82) is 0 Å². The van der Waals surface area contributed by atoms with Crippen LogP contribution >= 0.6 is 0 Å². The van der Waals surface area contributed by atoms with E-state index in [2.05, 4.69) is 0 Å². The maximum Gasteiger partial charge on any atom is 0.307 e. The standard InChI is InChI=1S/C12H15FO2/c1-8(2)12(13)10-6-4-3-5-9(10)7-11(14)15/h3-6,8,12H,7H2,1-2H3,(H,14,15). The highest BCUT2D eigenvalue weighted by Crippen LogP contribution is 2.28. The minimum Gasteiger partial charge on any atom is -0.481 e. The molecule has 0 fully saturated rings. The number of halogens is 1. The molecule has 1 aromatic carbocycles. The molecule has 1 rings (SSSR count). The van der Waals surface area contributed by atoms with Gasteiger partial charge in [0.25, 0.3) is 0 Å². The van der Waals surface area contributed by atoms with Gasteiger partial charge < -0.3 is 5.11 Å². The Labute approximate surface area is 88.7 Å². The van der Waals surface area contributed by atoms with Crippen molar-refractivity contribution in [2.45, 2.75) is 26.4 Å². The van der Waals surface area contributed by atoms with Crippen molar-refractivity contribution in [3.8, 4) is 0 Å². The lowest BCUT2D eigenvalue weighted by Gasteiger charge is -2.15. The van der Waals surface area contributed by atoms with Crippen molar-refractivity contribution in [2.24, 2.45) is 5.92 Å². The Bertz CT molecular complexity index is 347. The van der Waals surface area contributed by atoms with Gasteiger partial charge in [-0.05, 0) is 17.0 Å². The minimum absolute atomic E-state index is 0.122. The number of carboxylic acid groups (broad SMARTS) is 1. The van der Waals surface area contributed by atoms with E-state index < -0.39 is 12.1 Å². The molecule has 0 aliphatic heterocycles. The molecule has 3 heteroatoms. The SMILES string of the molecule is CC(C)C(F)c1ccccc1CC(=O)O. The lowest BCUT2D eigenvalue weighted by atomic mass is 9.94. The molecule has 0 aliphatic carbocycles. The van der Waals surface area contributed by atoms with Crippen molar-refractivity contribution in [2.75, 3.05) is 0 Å². The average molecular weight is 210 g/mol. The number of rotatable bonds is 4. The summed E-state index contributed by atoms with van der Waals surface area (Å²) >= 11 is 0. The molecule has 2 nitrogen and oxygen atoms in total. The second-order valence-electron chi connectivity index (χ2n) is 3.92. The van der Waals surface area contributed by atoms with Crippen molar-refractivity contribution in [3.63, 3.8) is 0 Å². The first-order valence-electron chi connectivity index (χ1n) is 4.96. The third-order valence-corrected chi connectivity index (χ3v) is 2.28. The summed E-state index contributed by atoms with van der Waals surface area (Å²) in [7, 11) is 0. The third kappa shape index (κ3) is 3.05. The number of benzene rings is 1. The Hall–Kier alpha value is -1.38. The van der Waals surface area contributed by atoms with Gasteiger partial charge in [0.2, 0.25) is 0 Å². The Morgan fingerprint density at radius 2 is 2.00 bits per heavy atom. The third-order valence-electron chi connectivity index (χ3n) is 2.28. The normalized spacial score (nSPS) is 12.8. The molecule has 0 bridgehead atoms. The Morgan fingerprint density at radius 3 is 2.53 bits per heavy atom. The van der Waals surface area contributed by atoms with Crippen molar-refractivity contribution < 1.29 is 14.3 Å². The molecule has 1 N–H and O–H groups in total. The van der Waals surface area contributed by atoms with Gasteiger partial charge in [-0.2, -0.15) is 0 Å². The van der Waals surface area contributed by atoms with Crippen LogP contribution in [0.15, 0.2) is 24.3 Å². The van der Waals surface area contributed by atoms with Gasteiger partial charge in [0.1, 0.15) is 6.17 Å². The van der Waals surface area contributed by atoms with Gasteiger partial charge >= 0.3 is 5.97 Å². The zero-order chi connectivity index (χ0) is 11.4. The van der Waals surface area contributed by atoms with E-state index in [-0.39, 0.29) is 12.3 Å². The molecule has 0 saturated heterocycles.